The highest BCUT2D eigenvalue weighted by Gasteiger charge is 1.45. The predicted octanol–water partition coefficient (Wildman–Crippen LogP) is 3.80. The highest BCUT2D eigenvalue weighted by atomic mass is 13.5. The van der Waals surface area contributed by atoms with E-state index in [0.29, 0.717) is 0 Å². The van der Waals surface area contributed by atoms with Gasteiger partial charge in [0.05, 0.1) is 0 Å². The zero-order chi connectivity index (χ0) is 8.12. The van der Waals surface area contributed by atoms with Crippen LogP contribution in [0.15, 0.2) is 25.3 Å². The molecule has 0 nitrogen and oxygen atoms in total. The molecule has 56 valence electrons. The van der Waals surface area contributed by atoms with Crippen molar-refractivity contribution in [2.24, 2.45) is 0 Å². The van der Waals surface area contributed by atoms with Gasteiger partial charge in [0.2, 0.25) is 0 Å². The quantitative estimate of drug-likeness (QED) is 0.471. The summed E-state index contributed by atoms with van der Waals surface area (Å²) >= 11 is 0. The molecule has 0 N–H and O–H groups in total. The standard InChI is InChI=1S/C4H8.C3H6.C2H6/c1-3-4-2;1-3-2;1-2/h3H,1,4H2,2H3;3H,1H2,2H3;1-2H3. The molecule has 0 radical (unpaired) electrons. The molecule has 0 unspecified atom stereocenters. The molecule has 0 rings (SSSR count). The van der Waals surface area contributed by atoms with Crippen molar-refractivity contribution in [1.29, 1.82) is 0 Å². The van der Waals surface area contributed by atoms with Gasteiger partial charge in [-0.3, -0.25) is 0 Å². The Labute approximate surface area is 60.3 Å². The van der Waals surface area contributed by atoms with E-state index in [1.807, 2.05) is 26.8 Å². The van der Waals surface area contributed by atoms with E-state index in [9.17, 15) is 0 Å². The lowest BCUT2D eigenvalue weighted by Gasteiger charge is -1.57. The van der Waals surface area contributed by atoms with Gasteiger partial charge >= 0.3 is 0 Å². The van der Waals surface area contributed by atoms with Crippen molar-refractivity contribution in [3.05, 3.63) is 25.3 Å². The molecule has 0 aromatic rings. The van der Waals surface area contributed by atoms with Crippen LogP contribution in [0.2, 0.25) is 0 Å². The van der Waals surface area contributed by atoms with Gasteiger partial charge in [-0.25, -0.2) is 0 Å². The first-order valence-corrected chi connectivity index (χ1v) is 3.51. The molecular weight excluding hydrogens is 108 g/mol. The molecule has 0 aliphatic heterocycles. The summed E-state index contributed by atoms with van der Waals surface area (Å²) in [7, 11) is 0. The molecule has 0 atom stereocenters. The Balaban J connectivity index is -0.0000000646. The molecule has 0 heteroatoms. The summed E-state index contributed by atoms with van der Waals surface area (Å²) in [6, 6.07) is 0. The van der Waals surface area contributed by atoms with Crippen LogP contribution in [0.1, 0.15) is 34.1 Å². The molecule has 9 heavy (non-hydrogen) atoms. The maximum atomic E-state index is 3.48. The van der Waals surface area contributed by atoms with E-state index in [-0.39, 0.29) is 0 Å². The summed E-state index contributed by atoms with van der Waals surface area (Å²) in [5.74, 6) is 0. The molecule has 0 heterocycles. The summed E-state index contributed by atoms with van der Waals surface area (Å²) in [4.78, 5) is 0. The van der Waals surface area contributed by atoms with Gasteiger partial charge in [-0.05, 0) is 13.3 Å². The minimum Gasteiger partial charge on any atom is -0.103 e. The lowest BCUT2D eigenvalue weighted by Crippen LogP contribution is -1.36. The smallest absolute Gasteiger partial charge is 0.0382 e. The second-order valence-electron chi connectivity index (χ2n) is 1.11. The monoisotopic (exact) mass is 128 g/mol. The summed E-state index contributed by atoms with van der Waals surface area (Å²) in [5, 5.41) is 0. The molecule has 0 bridgehead atoms. The van der Waals surface area contributed by atoms with Crippen LogP contribution in [-0.4, -0.2) is 0 Å². The van der Waals surface area contributed by atoms with Crippen LogP contribution in [0.3, 0.4) is 0 Å². The highest BCUT2D eigenvalue weighted by molar-refractivity contribution is 4.60. The van der Waals surface area contributed by atoms with E-state index in [1.165, 1.54) is 0 Å². The normalized spacial score (nSPS) is 4.89. The second kappa shape index (κ2) is 51.1. The van der Waals surface area contributed by atoms with Crippen LogP contribution in [0.5, 0.6) is 0 Å². The van der Waals surface area contributed by atoms with Gasteiger partial charge in [0.15, 0.2) is 0 Å². The Morgan fingerprint density at radius 2 is 1.33 bits per heavy atom. The third-order valence-corrected chi connectivity index (χ3v) is 0.289. The molecule has 0 fully saturated rings. The van der Waals surface area contributed by atoms with Crippen molar-refractivity contribution in [1.82, 2.24) is 0 Å². The second-order valence-corrected chi connectivity index (χ2v) is 1.11. The summed E-state index contributed by atoms with van der Waals surface area (Å²) in [5.41, 5.74) is 0. The summed E-state index contributed by atoms with van der Waals surface area (Å²) < 4.78 is 0. The van der Waals surface area contributed by atoms with Crippen molar-refractivity contribution in [3.8, 4) is 0 Å². The number of allylic oxidation sites excluding steroid dienone is 2. The van der Waals surface area contributed by atoms with Crippen LogP contribution in [-0.2, 0) is 0 Å². The number of hydrogen-bond acceptors (Lipinski definition) is 0. The van der Waals surface area contributed by atoms with Gasteiger partial charge in [-0.2, -0.15) is 0 Å². The zero-order valence-electron chi connectivity index (χ0n) is 7.28. The van der Waals surface area contributed by atoms with E-state index in [0.717, 1.165) is 6.42 Å². The fraction of sp³-hybridized carbons (Fsp3) is 0.556. The molecule has 0 spiro atoms. The topological polar surface area (TPSA) is 0 Å². The molecule has 0 saturated heterocycles. The van der Waals surface area contributed by atoms with Crippen molar-refractivity contribution in [3.63, 3.8) is 0 Å². The van der Waals surface area contributed by atoms with Crippen molar-refractivity contribution in [2.45, 2.75) is 34.1 Å². The Hall–Kier alpha value is -0.520. The maximum absolute atomic E-state index is 3.48. The number of hydrogen-bond donors (Lipinski definition) is 0. The van der Waals surface area contributed by atoms with E-state index in [2.05, 4.69) is 20.1 Å². The Morgan fingerprint density at radius 3 is 1.33 bits per heavy atom. The molecule has 0 aromatic carbocycles. The lowest BCUT2D eigenvalue weighted by molar-refractivity contribution is 1.23. The molecular formula is C9H20. The minimum absolute atomic E-state index is 1.08. The van der Waals surface area contributed by atoms with Gasteiger partial charge in [-0.15, -0.1) is 13.2 Å². The first-order valence-electron chi connectivity index (χ1n) is 3.51. The van der Waals surface area contributed by atoms with Crippen LogP contribution >= 0.6 is 0 Å². The molecule has 0 aliphatic carbocycles. The zero-order valence-corrected chi connectivity index (χ0v) is 7.28. The largest absolute Gasteiger partial charge is 0.103 e. The van der Waals surface area contributed by atoms with E-state index in [1.54, 1.807) is 6.08 Å². The Bertz CT molecular complexity index is 35.3. The number of rotatable bonds is 1. The van der Waals surface area contributed by atoms with E-state index < -0.39 is 0 Å². The van der Waals surface area contributed by atoms with Gasteiger partial charge in [-0.1, -0.05) is 32.9 Å². The fourth-order valence-corrected chi connectivity index (χ4v) is 0. The average molecular weight is 128 g/mol. The van der Waals surface area contributed by atoms with E-state index >= 15 is 0 Å². The van der Waals surface area contributed by atoms with Crippen LogP contribution < -0.4 is 0 Å². The minimum atomic E-state index is 1.08. The Morgan fingerprint density at radius 1 is 1.22 bits per heavy atom. The van der Waals surface area contributed by atoms with Crippen LogP contribution in [0, 0.1) is 0 Å². The van der Waals surface area contributed by atoms with Crippen molar-refractivity contribution in [2.75, 3.05) is 0 Å². The summed E-state index contributed by atoms with van der Waals surface area (Å²) in [6.07, 6.45) is 4.71. The molecule has 0 saturated carbocycles. The molecule has 0 aromatic heterocycles. The average Bonchev–Trinajstić information content (AvgIpc) is 1.94. The first-order chi connectivity index (χ1) is 4.33. The van der Waals surface area contributed by atoms with Crippen molar-refractivity contribution < 1.29 is 0 Å². The molecule has 0 amide bonds. The molecule has 0 aliphatic rings. The fourth-order valence-electron chi connectivity index (χ4n) is 0. The van der Waals surface area contributed by atoms with Gasteiger partial charge in [0.25, 0.3) is 0 Å². The third-order valence-electron chi connectivity index (χ3n) is 0.289. The SMILES string of the molecule is C=CC.C=CCC.CC. The van der Waals surface area contributed by atoms with Gasteiger partial charge in [0.1, 0.15) is 0 Å². The third kappa shape index (κ3) is 975. The van der Waals surface area contributed by atoms with Crippen LogP contribution in [0.25, 0.3) is 0 Å². The van der Waals surface area contributed by atoms with Gasteiger partial charge in [0, 0.05) is 0 Å². The Kier molecular flexibility index (Phi) is 89.6. The summed E-state index contributed by atoms with van der Waals surface area (Å²) in [6.45, 7) is 14.8. The van der Waals surface area contributed by atoms with Gasteiger partial charge < -0.3 is 0 Å². The van der Waals surface area contributed by atoms with E-state index in [4.69, 9.17) is 0 Å². The predicted molar refractivity (Wildman–Crippen MR) is 47.7 cm³/mol. The maximum Gasteiger partial charge on any atom is -0.0382 e. The first kappa shape index (κ1) is 15.8. The highest BCUT2D eigenvalue weighted by Crippen LogP contribution is 1.66. The van der Waals surface area contributed by atoms with Crippen molar-refractivity contribution >= 4 is 0 Å². The lowest BCUT2D eigenvalue weighted by atomic mass is 10.5. The van der Waals surface area contributed by atoms with Crippen LogP contribution in [0.4, 0.5) is 0 Å².